The number of alkyl halides is 3. The van der Waals surface area contributed by atoms with Crippen molar-refractivity contribution in [1.82, 2.24) is 10.3 Å². The van der Waals surface area contributed by atoms with Gasteiger partial charge in [0.2, 0.25) is 0 Å². The summed E-state index contributed by atoms with van der Waals surface area (Å²) in [6, 6.07) is 13.0. The smallest absolute Gasteiger partial charge is 0.490 e. The van der Waals surface area contributed by atoms with E-state index in [9.17, 15) is 31.2 Å². The lowest BCUT2D eigenvalue weighted by molar-refractivity contribution is -0.213. The number of ether oxygens (including phenoxy) is 3. The van der Waals surface area contributed by atoms with Crippen molar-refractivity contribution in [2.75, 3.05) is 17.7 Å². The highest BCUT2D eigenvalue weighted by Crippen LogP contribution is 2.40. The fourth-order valence-corrected chi connectivity index (χ4v) is 7.11. The Morgan fingerprint density at radius 2 is 1.76 bits per heavy atom. The Hall–Kier alpha value is -5.12. The van der Waals surface area contributed by atoms with Crippen LogP contribution in [0.2, 0.25) is 0 Å². The molecule has 5 rings (SSSR count). The lowest BCUT2D eigenvalue weighted by atomic mass is 9.98. The highest BCUT2D eigenvalue weighted by Gasteiger charge is 2.52. The van der Waals surface area contributed by atoms with Crippen molar-refractivity contribution in [1.29, 1.82) is 0 Å². The monoisotopic (exact) mass is 718 g/mol. The summed E-state index contributed by atoms with van der Waals surface area (Å²) in [4.78, 5) is 30.8. The van der Waals surface area contributed by atoms with E-state index in [0.29, 0.717) is 12.8 Å². The number of amides is 1. The number of pyridine rings is 1. The van der Waals surface area contributed by atoms with Crippen molar-refractivity contribution in [2.24, 2.45) is 0 Å². The molecule has 4 N–H and O–H groups in total. The van der Waals surface area contributed by atoms with Gasteiger partial charge in [-0.1, -0.05) is 18.2 Å². The van der Waals surface area contributed by atoms with Crippen LogP contribution in [0.5, 0.6) is 11.5 Å². The number of halogens is 4. The van der Waals surface area contributed by atoms with Gasteiger partial charge in [-0.15, -0.1) is 0 Å². The molecule has 0 radical (unpaired) electrons. The molecule has 1 unspecified atom stereocenters. The fourth-order valence-electron chi connectivity index (χ4n) is 5.22. The Balaban J connectivity index is 1.69. The molecule has 1 saturated carbocycles. The summed E-state index contributed by atoms with van der Waals surface area (Å²) in [5.41, 5.74) is 1.91. The van der Waals surface area contributed by atoms with Gasteiger partial charge in [0.25, 0.3) is 11.6 Å². The van der Waals surface area contributed by atoms with Crippen LogP contribution in [0.25, 0.3) is 10.8 Å². The number of carbonyl (C=O) groups excluding carboxylic acids is 2. The molecule has 16 heteroatoms. The molecule has 0 spiro atoms. The number of esters is 1. The fraction of sp³-hybridized carbons (Fsp3) is 0.324. The Bertz CT molecular complexity index is 2040. The van der Waals surface area contributed by atoms with Crippen LogP contribution in [0, 0.1) is 5.82 Å². The van der Waals surface area contributed by atoms with E-state index in [1.54, 1.807) is 20.8 Å². The van der Waals surface area contributed by atoms with Crippen molar-refractivity contribution < 1.29 is 49.8 Å². The van der Waals surface area contributed by atoms with E-state index in [4.69, 9.17) is 19.9 Å². The van der Waals surface area contributed by atoms with Crippen LogP contribution in [0.3, 0.4) is 0 Å². The zero-order valence-corrected chi connectivity index (χ0v) is 28.0. The van der Waals surface area contributed by atoms with E-state index < -0.39 is 62.5 Å². The molecule has 1 aliphatic carbocycles. The molecule has 1 heterocycles. The number of nitrogens with one attached hydrogen (secondary N) is 2. The molecule has 11 nitrogen and oxygen atoms in total. The Morgan fingerprint density at radius 1 is 1.04 bits per heavy atom. The van der Waals surface area contributed by atoms with Crippen molar-refractivity contribution in [3.05, 3.63) is 83.8 Å². The number of anilines is 2. The number of hydrogen-bond donors (Lipinski definition) is 3. The molecule has 1 aliphatic rings. The predicted molar refractivity (Wildman–Crippen MR) is 175 cm³/mol. The third kappa shape index (κ3) is 7.54. The number of nitrogen functional groups attached to an aromatic ring is 1. The summed E-state index contributed by atoms with van der Waals surface area (Å²) < 4.78 is 100. The zero-order chi connectivity index (χ0) is 36.4. The van der Waals surface area contributed by atoms with Crippen LogP contribution in [-0.4, -0.2) is 49.4 Å². The van der Waals surface area contributed by atoms with Crippen LogP contribution < -0.4 is 25.8 Å². The second kappa shape index (κ2) is 14.0. The average molecular weight is 719 g/mol. The van der Waals surface area contributed by atoms with Crippen LogP contribution in [0.4, 0.5) is 29.1 Å². The van der Waals surface area contributed by atoms with Crippen molar-refractivity contribution >= 4 is 44.0 Å². The topological polar surface area (TPSA) is 159 Å². The number of hydrogen-bond acceptors (Lipinski definition) is 10. The number of aromatic nitrogens is 1. The highest BCUT2D eigenvalue weighted by atomic mass is 32.2. The number of fused-ring (bicyclic) bond motifs is 1. The normalized spacial score (nSPS) is 14.6. The predicted octanol–water partition coefficient (Wildman–Crippen LogP) is 5.76. The molecule has 1 amide bonds. The minimum Gasteiger partial charge on any atom is -0.490 e. The summed E-state index contributed by atoms with van der Waals surface area (Å²) in [5, 5.41) is 4.69. The molecule has 1 fully saturated rings. The van der Waals surface area contributed by atoms with Crippen molar-refractivity contribution in [3.8, 4) is 11.5 Å². The van der Waals surface area contributed by atoms with Crippen LogP contribution >= 0.6 is 0 Å². The maximum atomic E-state index is 15.8. The summed E-state index contributed by atoms with van der Waals surface area (Å²) in [6.07, 6.45) is -3.74. The zero-order valence-electron chi connectivity index (χ0n) is 27.1. The Labute approximate surface area is 285 Å². The molecule has 1 aromatic heterocycles. The lowest BCUT2D eigenvalue weighted by Crippen LogP contribution is -2.54. The maximum Gasteiger partial charge on any atom is 0.491 e. The van der Waals surface area contributed by atoms with E-state index in [1.165, 1.54) is 42.6 Å². The summed E-state index contributed by atoms with van der Waals surface area (Å²) >= 11 is 0. The van der Waals surface area contributed by atoms with E-state index in [0.717, 1.165) is 24.3 Å². The van der Waals surface area contributed by atoms with Gasteiger partial charge in [0.1, 0.15) is 11.6 Å². The molecule has 4 aromatic rings. The van der Waals surface area contributed by atoms with Gasteiger partial charge in [0.15, 0.2) is 21.3 Å². The largest absolute Gasteiger partial charge is 0.491 e. The van der Waals surface area contributed by atoms with Gasteiger partial charge in [-0.2, -0.15) is 13.2 Å². The van der Waals surface area contributed by atoms with Crippen molar-refractivity contribution in [2.45, 2.75) is 68.3 Å². The number of rotatable bonds is 13. The summed E-state index contributed by atoms with van der Waals surface area (Å²) in [7, 11) is -3.77. The lowest BCUT2D eigenvalue weighted by Gasteiger charge is -2.35. The second-order valence-corrected chi connectivity index (χ2v) is 13.9. The summed E-state index contributed by atoms with van der Waals surface area (Å²) in [6.45, 7) is 4.61. The van der Waals surface area contributed by atoms with Gasteiger partial charge in [-0.25, -0.2) is 22.6 Å². The first kappa shape index (κ1) is 36.2. The number of sulfone groups is 1. The molecule has 0 aliphatic heterocycles. The molecule has 0 bridgehead atoms. The van der Waals surface area contributed by atoms with Gasteiger partial charge in [-0.05, 0) is 87.0 Å². The number of nitrogens with two attached hydrogens (primary N) is 1. The number of benzene rings is 3. The SMILES string of the molecule is CCOc1cc(C(Nc2cc3ccnc(N)c3cc2F)(OC(=O)C(F)(F)F)C(=O)NCc2ccccc2S(=O)(=O)C2CC2)ccc1OC(C)C. The van der Waals surface area contributed by atoms with Gasteiger partial charge in [-0.3, -0.25) is 4.79 Å². The first-order valence-electron chi connectivity index (χ1n) is 15.5. The van der Waals surface area contributed by atoms with Gasteiger partial charge in [0, 0.05) is 23.7 Å². The average Bonchev–Trinajstić information content (AvgIpc) is 3.91. The molecule has 266 valence electrons. The summed E-state index contributed by atoms with van der Waals surface area (Å²) in [5.74, 6) is -5.18. The van der Waals surface area contributed by atoms with E-state index in [1.807, 2.05) is 0 Å². The molecular formula is C34H34F4N4O7S. The van der Waals surface area contributed by atoms with E-state index in [-0.39, 0.29) is 51.3 Å². The Kier molecular flexibility index (Phi) is 10.1. The first-order chi connectivity index (χ1) is 23.6. The quantitative estimate of drug-likeness (QED) is 0.0881. The van der Waals surface area contributed by atoms with Crippen LogP contribution in [0.1, 0.15) is 44.7 Å². The van der Waals surface area contributed by atoms with Gasteiger partial charge >= 0.3 is 12.1 Å². The van der Waals surface area contributed by atoms with Gasteiger partial charge < -0.3 is 30.6 Å². The second-order valence-electron chi connectivity index (χ2n) is 11.7. The molecular weight excluding hydrogens is 684 g/mol. The van der Waals surface area contributed by atoms with Crippen molar-refractivity contribution in [3.63, 3.8) is 0 Å². The van der Waals surface area contributed by atoms with Crippen LogP contribution in [0.15, 0.2) is 71.8 Å². The number of carbonyl (C=O) groups is 2. The van der Waals surface area contributed by atoms with Gasteiger partial charge in [0.05, 0.1) is 28.5 Å². The maximum absolute atomic E-state index is 15.8. The highest BCUT2D eigenvalue weighted by molar-refractivity contribution is 7.92. The third-order valence-corrected chi connectivity index (χ3v) is 10.0. The standard InChI is InChI=1S/C34H34F4N4O7S/c1-4-47-28-16-22(9-12-27(28)48-19(2)3)33(49-32(44)34(36,37)38,42-26-15-20-13-14-40-30(39)24(20)17-25(26)35)31(43)41-18-21-7-5-6-8-29(21)50(45,46)23-10-11-23/h5-9,12-17,19,23,42H,4,10-11,18H2,1-3H3,(H2,39,40)(H,41,43). The van der Waals surface area contributed by atoms with E-state index in [2.05, 4.69) is 15.6 Å². The first-order valence-corrected chi connectivity index (χ1v) is 17.1. The molecule has 1 atom stereocenters. The Morgan fingerprint density at radius 3 is 2.42 bits per heavy atom. The number of nitrogens with zero attached hydrogens (tertiary/aromatic N) is 1. The minimum atomic E-state index is -5.61. The van der Waals surface area contributed by atoms with E-state index >= 15 is 4.39 Å². The third-order valence-electron chi connectivity index (χ3n) is 7.69. The molecule has 0 saturated heterocycles. The molecule has 50 heavy (non-hydrogen) atoms. The van der Waals surface area contributed by atoms with Crippen LogP contribution in [-0.2, 0) is 36.4 Å². The minimum absolute atomic E-state index is 0.0283. The molecule has 3 aromatic carbocycles.